The Morgan fingerprint density at radius 2 is 1.52 bits per heavy atom. The highest BCUT2D eigenvalue weighted by Crippen LogP contribution is 2.79. The number of hydrogen-bond donors (Lipinski definition) is 2. The van der Waals surface area contributed by atoms with Crippen LogP contribution in [0.4, 0.5) is 0 Å². The van der Waals surface area contributed by atoms with Crippen LogP contribution in [0.2, 0.25) is 0 Å². The fraction of sp³-hybridized carbons (Fsp3) is 0.947. The molecule has 4 aliphatic rings. The van der Waals surface area contributed by atoms with Crippen LogP contribution in [0.3, 0.4) is 0 Å². The third-order valence-corrected chi connectivity index (χ3v) is 9.30. The van der Waals surface area contributed by atoms with E-state index in [4.69, 9.17) is 0 Å². The lowest BCUT2D eigenvalue weighted by molar-refractivity contribution is -0.163. The van der Waals surface area contributed by atoms with Crippen LogP contribution >= 0.6 is 15.9 Å². The van der Waals surface area contributed by atoms with Crippen LogP contribution in [-0.4, -0.2) is 27.9 Å². The van der Waals surface area contributed by atoms with Gasteiger partial charge >= 0.3 is 0 Å². The number of carbonyl (C=O) groups excluding carboxylic acids is 1. The predicted octanol–water partition coefficient (Wildman–Crippen LogP) is 4.00. The van der Waals surface area contributed by atoms with E-state index in [9.17, 15) is 4.79 Å². The van der Waals surface area contributed by atoms with Gasteiger partial charge in [-0.25, -0.2) is 0 Å². The summed E-state index contributed by atoms with van der Waals surface area (Å²) in [5.74, 6) is 0.276. The molecule has 0 radical (unpaired) electrons. The van der Waals surface area contributed by atoms with Gasteiger partial charge in [0.05, 0.1) is 5.41 Å². The minimum absolute atomic E-state index is 0.0600. The number of alkyl halides is 1. The Labute approximate surface area is 149 Å². The molecular formula is C19H33BrN2O. The van der Waals surface area contributed by atoms with Gasteiger partial charge < -0.3 is 10.6 Å². The highest BCUT2D eigenvalue weighted by atomic mass is 79.9. The topological polar surface area (TPSA) is 41.1 Å². The second kappa shape index (κ2) is 4.75. The quantitative estimate of drug-likeness (QED) is 0.706. The summed E-state index contributed by atoms with van der Waals surface area (Å²) in [5.41, 5.74) is 0.198. The van der Waals surface area contributed by atoms with Crippen molar-refractivity contribution in [2.75, 3.05) is 0 Å². The van der Waals surface area contributed by atoms with Crippen molar-refractivity contribution in [3.63, 3.8) is 0 Å². The third-order valence-electron chi connectivity index (χ3n) is 7.50. The number of carbonyl (C=O) groups is 1. The molecule has 2 bridgehead atoms. The normalized spacial score (nSPS) is 43.7. The van der Waals surface area contributed by atoms with Gasteiger partial charge in [-0.05, 0) is 64.2 Å². The van der Waals surface area contributed by atoms with Crippen molar-refractivity contribution in [3.8, 4) is 0 Å². The average Bonchev–Trinajstić information content (AvgIpc) is 2.73. The summed E-state index contributed by atoms with van der Waals surface area (Å²) in [5, 5.41) is 7.14. The molecule has 2 N–H and O–H groups in total. The molecule has 4 rings (SSSR count). The van der Waals surface area contributed by atoms with Crippen LogP contribution in [0.15, 0.2) is 0 Å². The zero-order chi connectivity index (χ0) is 17.5. The van der Waals surface area contributed by atoms with Gasteiger partial charge in [0.1, 0.15) is 0 Å². The SMILES string of the molecule is CC1(C)CC(NC(=O)[C@@]23CC[C@](C)([C@@H]2Br)C3(C)C)CC(C)(C)N1. The minimum atomic E-state index is -0.235. The summed E-state index contributed by atoms with van der Waals surface area (Å²) >= 11 is 3.88. The first-order chi connectivity index (χ1) is 10.3. The Kier molecular flexibility index (Phi) is 3.66. The molecule has 3 saturated carbocycles. The molecule has 3 atom stereocenters. The molecule has 23 heavy (non-hydrogen) atoms. The Morgan fingerprint density at radius 3 is 1.91 bits per heavy atom. The summed E-state index contributed by atoms with van der Waals surface area (Å²) in [4.78, 5) is 13.6. The lowest BCUT2D eigenvalue weighted by Crippen LogP contribution is -2.71. The number of nitrogens with one attached hydrogen (secondary N) is 2. The molecule has 1 saturated heterocycles. The van der Waals surface area contributed by atoms with Crippen molar-refractivity contribution in [1.82, 2.24) is 10.6 Å². The minimum Gasteiger partial charge on any atom is -0.353 e. The maximum Gasteiger partial charge on any atom is 0.228 e. The van der Waals surface area contributed by atoms with E-state index >= 15 is 0 Å². The van der Waals surface area contributed by atoms with E-state index in [1.54, 1.807) is 0 Å². The van der Waals surface area contributed by atoms with E-state index in [1.165, 1.54) is 0 Å². The van der Waals surface area contributed by atoms with Crippen LogP contribution in [0, 0.1) is 16.2 Å². The van der Waals surface area contributed by atoms with Gasteiger partial charge in [0.2, 0.25) is 5.91 Å². The zero-order valence-corrected chi connectivity index (χ0v) is 17.4. The summed E-state index contributed by atoms with van der Waals surface area (Å²) in [6, 6.07) is 0.256. The zero-order valence-electron chi connectivity index (χ0n) is 15.8. The predicted molar refractivity (Wildman–Crippen MR) is 98.7 cm³/mol. The number of amides is 1. The number of fused-ring (bicyclic) bond motifs is 1. The van der Waals surface area contributed by atoms with E-state index in [0.717, 1.165) is 25.7 Å². The van der Waals surface area contributed by atoms with Crippen LogP contribution in [0.25, 0.3) is 0 Å². The van der Waals surface area contributed by atoms with E-state index < -0.39 is 0 Å². The van der Waals surface area contributed by atoms with Crippen LogP contribution in [0.5, 0.6) is 0 Å². The first-order valence-corrected chi connectivity index (χ1v) is 9.93. The first-order valence-electron chi connectivity index (χ1n) is 9.02. The van der Waals surface area contributed by atoms with Crippen molar-refractivity contribution < 1.29 is 4.79 Å². The van der Waals surface area contributed by atoms with Crippen LogP contribution in [0.1, 0.15) is 74.1 Å². The van der Waals surface area contributed by atoms with Gasteiger partial charge in [-0.2, -0.15) is 0 Å². The molecule has 132 valence electrons. The molecule has 3 aliphatic carbocycles. The van der Waals surface area contributed by atoms with Crippen LogP contribution < -0.4 is 10.6 Å². The van der Waals surface area contributed by atoms with Crippen molar-refractivity contribution in [2.45, 2.75) is 96.1 Å². The third kappa shape index (κ3) is 2.19. The van der Waals surface area contributed by atoms with E-state index in [0.29, 0.717) is 4.83 Å². The van der Waals surface area contributed by atoms with Gasteiger partial charge in [0, 0.05) is 21.9 Å². The molecule has 4 fully saturated rings. The number of hydrogen-bond acceptors (Lipinski definition) is 2. The largest absolute Gasteiger partial charge is 0.353 e. The molecular weight excluding hydrogens is 352 g/mol. The van der Waals surface area contributed by atoms with Crippen molar-refractivity contribution in [2.24, 2.45) is 16.2 Å². The van der Waals surface area contributed by atoms with E-state index in [-0.39, 0.29) is 39.3 Å². The first kappa shape index (κ1) is 17.7. The van der Waals surface area contributed by atoms with Crippen molar-refractivity contribution >= 4 is 21.8 Å². The second-order valence-electron chi connectivity index (χ2n) is 10.3. The molecule has 0 aromatic carbocycles. The van der Waals surface area contributed by atoms with Gasteiger partial charge in [-0.1, -0.05) is 36.7 Å². The number of piperidine rings is 1. The van der Waals surface area contributed by atoms with Gasteiger partial charge in [0.25, 0.3) is 0 Å². The lowest BCUT2D eigenvalue weighted by atomic mass is 9.43. The summed E-state index contributed by atoms with van der Waals surface area (Å²) in [6.07, 6.45) is 4.13. The van der Waals surface area contributed by atoms with Gasteiger partial charge in [-0.15, -0.1) is 0 Å². The molecule has 1 heterocycles. The van der Waals surface area contributed by atoms with E-state index in [1.807, 2.05) is 0 Å². The molecule has 0 aromatic heterocycles. The Morgan fingerprint density at radius 1 is 1.00 bits per heavy atom. The van der Waals surface area contributed by atoms with E-state index in [2.05, 4.69) is 75.0 Å². The second-order valence-corrected chi connectivity index (χ2v) is 11.3. The molecule has 4 heteroatoms. The molecule has 0 aromatic rings. The van der Waals surface area contributed by atoms with Crippen molar-refractivity contribution in [1.29, 1.82) is 0 Å². The van der Waals surface area contributed by atoms with Crippen LogP contribution in [-0.2, 0) is 4.79 Å². The standard InChI is InChI=1S/C19H33BrN2O/c1-15(2)10-12(11-16(3,4)22-15)21-14(23)19-9-8-18(7,13(19)20)17(19,5)6/h12-13,22H,8-11H2,1-7H3,(H,21,23)/t13-,18+,19+/m0/s1. The smallest absolute Gasteiger partial charge is 0.228 e. The molecule has 1 amide bonds. The highest BCUT2D eigenvalue weighted by molar-refractivity contribution is 9.09. The number of rotatable bonds is 2. The van der Waals surface area contributed by atoms with Gasteiger partial charge in [-0.3, -0.25) is 4.79 Å². The summed E-state index contributed by atoms with van der Waals surface area (Å²) in [6.45, 7) is 15.8. The maximum atomic E-state index is 13.3. The fourth-order valence-electron chi connectivity index (χ4n) is 6.20. The Balaban J connectivity index is 1.78. The monoisotopic (exact) mass is 384 g/mol. The Hall–Kier alpha value is -0.0900. The molecule has 0 unspecified atom stereocenters. The van der Waals surface area contributed by atoms with Crippen molar-refractivity contribution in [3.05, 3.63) is 0 Å². The molecule has 3 nitrogen and oxygen atoms in total. The fourth-order valence-corrected chi connectivity index (χ4v) is 8.01. The average molecular weight is 385 g/mol. The maximum absolute atomic E-state index is 13.3. The number of halogens is 1. The Bertz CT molecular complexity index is 525. The lowest BCUT2D eigenvalue weighted by Gasteiger charge is -2.64. The summed E-state index contributed by atoms with van der Waals surface area (Å²) in [7, 11) is 0. The highest BCUT2D eigenvalue weighted by Gasteiger charge is 2.80. The summed E-state index contributed by atoms with van der Waals surface area (Å²) < 4.78 is 0. The molecule has 1 aliphatic heterocycles. The molecule has 0 spiro atoms. The van der Waals surface area contributed by atoms with Gasteiger partial charge in [0.15, 0.2) is 0 Å².